The predicted molar refractivity (Wildman–Crippen MR) is 154 cm³/mol. The summed E-state index contributed by atoms with van der Waals surface area (Å²) in [6.07, 6.45) is 3.21. The number of pyridine rings is 2. The Morgan fingerprint density at radius 3 is 2.41 bits per heavy atom. The highest BCUT2D eigenvalue weighted by molar-refractivity contribution is 6.42. The summed E-state index contributed by atoms with van der Waals surface area (Å²) in [6.45, 7) is 3.40. The molecule has 0 bridgehead atoms. The number of fused-ring (bicyclic) bond motifs is 2. The topological polar surface area (TPSA) is 73.7 Å². The van der Waals surface area contributed by atoms with Gasteiger partial charge >= 0.3 is 0 Å². The van der Waals surface area contributed by atoms with E-state index in [0.29, 0.717) is 68.9 Å². The second-order valence-electron chi connectivity index (χ2n) is 9.68. The Bertz CT molecular complexity index is 1600. The van der Waals surface area contributed by atoms with Gasteiger partial charge in [0.15, 0.2) is 0 Å². The van der Waals surface area contributed by atoms with Crippen molar-refractivity contribution in [3.63, 3.8) is 0 Å². The number of hydrogen-bond donors (Lipinski definition) is 0. The average molecular weight is 566 g/mol. The number of hydrogen-bond acceptors (Lipinski definition) is 5. The summed E-state index contributed by atoms with van der Waals surface area (Å²) in [6, 6.07) is 14.4. The van der Waals surface area contributed by atoms with Gasteiger partial charge in [-0.3, -0.25) is 14.6 Å². The Morgan fingerprint density at radius 1 is 1.00 bits per heavy atom. The number of amides is 1. The van der Waals surface area contributed by atoms with Crippen LogP contribution in [0.4, 0.5) is 0 Å². The number of halogens is 2. The molecule has 5 rings (SSSR count). The van der Waals surface area contributed by atoms with E-state index >= 15 is 0 Å². The smallest absolute Gasteiger partial charge is 0.277 e. The lowest BCUT2D eigenvalue weighted by molar-refractivity contribution is 0.0678. The van der Waals surface area contributed by atoms with Crippen LogP contribution < -0.4 is 15.0 Å². The van der Waals surface area contributed by atoms with Crippen molar-refractivity contribution in [3.05, 3.63) is 86.4 Å². The molecule has 0 spiro atoms. The maximum absolute atomic E-state index is 14.5. The Morgan fingerprint density at radius 2 is 1.74 bits per heavy atom. The van der Waals surface area contributed by atoms with Gasteiger partial charge in [0, 0.05) is 42.8 Å². The number of methoxy groups -OCH3 is 2. The lowest BCUT2D eigenvalue weighted by Crippen LogP contribution is -2.42. The van der Waals surface area contributed by atoms with Crippen molar-refractivity contribution in [3.8, 4) is 22.6 Å². The zero-order valence-electron chi connectivity index (χ0n) is 22.0. The molecule has 3 heterocycles. The van der Waals surface area contributed by atoms with Gasteiger partial charge in [-0.2, -0.15) is 0 Å². The summed E-state index contributed by atoms with van der Waals surface area (Å²) in [4.78, 5) is 34.5. The highest BCUT2D eigenvalue weighted by atomic mass is 35.5. The van der Waals surface area contributed by atoms with Gasteiger partial charge in [0.25, 0.3) is 11.5 Å². The first kappa shape index (κ1) is 27.0. The quantitative estimate of drug-likeness (QED) is 0.268. The molecule has 202 valence electrons. The third-order valence-electron chi connectivity index (χ3n) is 7.33. The maximum atomic E-state index is 14.5. The van der Waals surface area contributed by atoms with E-state index in [1.807, 2.05) is 29.2 Å². The Kier molecular flexibility index (Phi) is 7.82. The van der Waals surface area contributed by atoms with Crippen LogP contribution >= 0.6 is 23.2 Å². The van der Waals surface area contributed by atoms with Crippen molar-refractivity contribution in [2.75, 3.05) is 20.8 Å². The van der Waals surface area contributed by atoms with Crippen molar-refractivity contribution in [2.24, 2.45) is 5.92 Å². The van der Waals surface area contributed by atoms with E-state index in [0.717, 1.165) is 18.4 Å². The lowest BCUT2D eigenvalue weighted by atomic mass is 9.94. The minimum Gasteiger partial charge on any atom is -0.497 e. The molecule has 9 heteroatoms. The zero-order valence-corrected chi connectivity index (χ0v) is 23.6. The van der Waals surface area contributed by atoms with E-state index in [1.54, 1.807) is 49.2 Å². The zero-order chi connectivity index (χ0) is 27.7. The Labute approximate surface area is 236 Å². The molecule has 1 amide bonds. The number of carbonyl (C=O) groups is 1. The van der Waals surface area contributed by atoms with Gasteiger partial charge in [-0.1, -0.05) is 48.7 Å². The maximum Gasteiger partial charge on any atom is 0.277 e. The van der Waals surface area contributed by atoms with Crippen LogP contribution in [0.5, 0.6) is 11.5 Å². The molecule has 0 radical (unpaired) electrons. The molecule has 2 aromatic heterocycles. The first-order valence-corrected chi connectivity index (χ1v) is 13.6. The summed E-state index contributed by atoms with van der Waals surface area (Å²) in [5.74, 6) is 1.26. The van der Waals surface area contributed by atoms with E-state index in [4.69, 9.17) is 32.7 Å². The first-order valence-electron chi connectivity index (χ1n) is 12.8. The van der Waals surface area contributed by atoms with Gasteiger partial charge in [-0.25, -0.2) is 0 Å². The standard InChI is InChI=1S/C30H29Cl2N3O4/c1-4-18-9-11-35-28(30(37)34(16-18)17-19-12-21(38-2)15-22(13-19)39-3)26(20-7-8-24(31)25(32)14-20)23-6-5-10-33-27(23)29(35)36/h5-8,10,12-15,18H,4,9,11,16-17H2,1-3H3. The van der Waals surface area contributed by atoms with Crippen molar-refractivity contribution in [1.29, 1.82) is 0 Å². The molecule has 1 aliphatic rings. The van der Waals surface area contributed by atoms with Crippen LogP contribution in [0.2, 0.25) is 10.0 Å². The Balaban J connectivity index is 1.75. The number of aromatic nitrogens is 2. The van der Waals surface area contributed by atoms with E-state index in [2.05, 4.69) is 11.9 Å². The molecule has 0 fully saturated rings. The van der Waals surface area contributed by atoms with E-state index < -0.39 is 0 Å². The monoisotopic (exact) mass is 565 g/mol. The average Bonchev–Trinajstić information content (AvgIpc) is 2.95. The van der Waals surface area contributed by atoms with Crippen LogP contribution in [0.3, 0.4) is 0 Å². The van der Waals surface area contributed by atoms with E-state index in [-0.39, 0.29) is 17.4 Å². The largest absolute Gasteiger partial charge is 0.497 e. The van der Waals surface area contributed by atoms with Crippen molar-refractivity contribution < 1.29 is 14.3 Å². The summed E-state index contributed by atoms with van der Waals surface area (Å²) < 4.78 is 12.5. The number of benzene rings is 2. The summed E-state index contributed by atoms with van der Waals surface area (Å²) in [7, 11) is 3.19. The summed E-state index contributed by atoms with van der Waals surface area (Å²) >= 11 is 12.7. The fourth-order valence-electron chi connectivity index (χ4n) is 5.24. The molecule has 4 aromatic rings. The molecule has 0 N–H and O–H groups in total. The van der Waals surface area contributed by atoms with Gasteiger partial charge in [-0.05, 0) is 53.8 Å². The van der Waals surface area contributed by atoms with Crippen molar-refractivity contribution in [1.82, 2.24) is 14.5 Å². The fraction of sp³-hybridized carbons (Fsp3) is 0.300. The molecule has 0 aliphatic carbocycles. The molecule has 1 atom stereocenters. The van der Waals surface area contributed by atoms with Crippen LogP contribution in [-0.4, -0.2) is 41.1 Å². The van der Waals surface area contributed by atoms with Gasteiger partial charge in [-0.15, -0.1) is 0 Å². The molecule has 39 heavy (non-hydrogen) atoms. The van der Waals surface area contributed by atoms with Crippen LogP contribution in [0, 0.1) is 5.92 Å². The fourth-order valence-corrected chi connectivity index (χ4v) is 5.54. The Hall–Kier alpha value is -3.55. The lowest BCUT2D eigenvalue weighted by Gasteiger charge is -2.32. The highest BCUT2D eigenvalue weighted by Gasteiger charge is 2.31. The van der Waals surface area contributed by atoms with Crippen LogP contribution in [0.1, 0.15) is 35.8 Å². The second-order valence-corrected chi connectivity index (χ2v) is 10.5. The second kappa shape index (κ2) is 11.3. The number of carbonyl (C=O) groups excluding carboxylic acids is 1. The van der Waals surface area contributed by atoms with Crippen molar-refractivity contribution >= 4 is 40.0 Å². The first-order chi connectivity index (χ1) is 18.8. The van der Waals surface area contributed by atoms with Crippen LogP contribution in [0.15, 0.2) is 59.5 Å². The minimum atomic E-state index is -0.280. The molecule has 1 unspecified atom stereocenters. The number of nitrogens with zero attached hydrogens (tertiary/aromatic N) is 3. The van der Waals surface area contributed by atoms with E-state index in [9.17, 15) is 9.59 Å². The third-order valence-corrected chi connectivity index (χ3v) is 8.07. The molecular formula is C30H29Cl2N3O4. The van der Waals surface area contributed by atoms with Gasteiger partial charge < -0.3 is 18.9 Å². The van der Waals surface area contributed by atoms with Gasteiger partial charge in [0.2, 0.25) is 0 Å². The third kappa shape index (κ3) is 5.21. The van der Waals surface area contributed by atoms with Crippen LogP contribution in [-0.2, 0) is 13.1 Å². The van der Waals surface area contributed by atoms with Crippen molar-refractivity contribution in [2.45, 2.75) is 32.9 Å². The number of ether oxygens (including phenoxy) is 2. The summed E-state index contributed by atoms with van der Waals surface area (Å²) in [5, 5.41) is 1.36. The molecule has 0 saturated carbocycles. The molecule has 0 saturated heterocycles. The van der Waals surface area contributed by atoms with E-state index in [1.165, 1.54) is 0 Å². The molecule has 1 aliphatic heterocycles. The molecule has 2 aromatic carbocycles. The highest BCUT2D eigenvalue weighted by Crippen LogP contribution is 2.36. The summed E-state index contributed by atoms with van der Waals surface area (Å²) in [5.41, 5.74) is 2.52. The SMILES string of the molecule is CCC1CCn2c(c(-c3ccc(Cl)c(Cl)c3)c3cccnc3c2=O)C(=O)N(Cc2cc(OC)cc(OC)c2)C1. The predicted octanol–water partition coefficient (Wildman–Crippen LogP) is 6.46. The molecular weight excluding hydrogens is 537 g/mol. The van der Waals surface area contributed by atoms with Gasteiger partial charge in [0.1, 0.15) is 22.7 Å². The van der Waals surface area contributed by atoms with Crippen LogP contribution in [0.25, 0.3) is 22.0 Å². The molecule has 7 nitrogen and oxygen atoms in total. The minimum absolute atomic E-state index is 0.217. The number of rotatable bonds is 6. The van der Waals surface area contributed by atoms with Gasteiger partial charge in [0.05, 0.1) is 24.3 Å². The normalized spacial score (nSPS) is 15.6.